The van der Waals surface area contributed by atoms with Crippen molar-refractivity contribution in [1.29, 1.82) is 0 Å². The van der Waals surface area contributed by atoms with Crippen molar-refractivity contribution in [2.24, 2.45) is 0 Å². The van der Waals surface area contributed by atoms with Crippen molar-refractivity contribution in [1.82, 2.24) is 0 Å². The average Bonchev–Trinajstić information content (AvgIpc) is 3.13. The summed E-state index contributed by atoms with van der Waals surface area (Å²) < 4.78 is 26.6. The Morgan fingerprint density at radius 3 is 2.58 bits per heavy atom. The second-order valence-corrected chi connectivity index (χ2v) is 7.00. The summed E-state index contributed by atoms with van der Waals surface area (Å²) in [4.78, 5) is 13.3. The Morgan fingerprint density at radius 2 is 1.92 bits per heavy atom. The summed E-state index contributed by atoms with van der Waals surface area (Å²) >= 11 is 1.63. The molecule has 3 nitrogen and oxygen atoms in total. The lowest BCUT2D eigenvalue weighted by Crippen LogP contribution is -2.87. The molecule has 0 aliphatic rings. The molecule has 3 rings (SSSR count). The molecule has 0 unspecified atom stereocenters. The largest absolute Gasteiger partial charge is 0.328 e. The van der Waals surface area contributed by atoms with Gasteiger partial charge >= 0.3 is 0 Å². The number of hydrogen-bond donors (Lipinski definition) is 2. The lowest BCUT2D eigenvalue weighted by Gasteiger charge is -2.15. The maximum absolute atomic E-state index is 13.7. The Kier molecular flexibility index (Phi) is 5.75. The van der Waals surface area contributed by atoms with Crippen molar-refractivity contribution >= 4 is 22.9 Å². The number of rotatable bonds is 6. The number of carbonyl (C=O) groups is 1. The third-order valence-corrected chi connectivity index (χ3v) is 4.99. The summed E-state index contributed by atoms with van der Waals surface area (Å²) in [7, 11) is 0. The zero-order chi connectivity index (χ0) is 18.5. The molecule has 0 saturated carbocycles. The Labute approximate surface area is 154 Å². The van der Waals surface area contributed by atoms with Crippen LogP contribution in [0.2, 0.25) is 0 Å². The minimum Gasteiger partial charge on any atom is -0.328 e. The lowest BCUT2D eigenvalue weighted by molar-refractivity contribution is -0.675. The molecule has 6 heteroatoms. The minimum absolute atomic E-state index is 0.0144. The first kappa shape index (κ1) is 18.2. The SMILES string of the molecule is Cc1ccc([C@@H]([NH2+]CC(=O)Nc2ccc(F)cc2F)c2cccs2)cc1. The highest BCUT2D eigenvalue weighted by molar-refractivity contribution is 7.10. The molecule has 0 aliphatic heterocycles. The fourth-order valence-corrected chi connectivity index (χ4v) is 3.53. The molecular formula is C20H19F2N2OS+. The van der Waals surface area contributed by atoms with E-state index in [0.29, 0.717) is 0 Å². The lowest BCUT2D eigenvalue weighted by atomic mass is 10.0. The number of amides is 1. The van der Waals surface area contributed by atoms with Crippen LogP contribution in [0.4, 0.5) is 14.5 Å². The van der Waals surface area contributed by atoms with Crippen molar-refractivity contribution in [3.63, 3.8) is 0 Å². The standard InChI is InChI=1S/C20H18F2N2OS/c1-13-4-6-14(7-5-13)20(18-3-2-10-26-18)23-12-19(25)24-17-9-8-15(21)11-16(17)22/h2-11,20,23H,12H2,1H3,(H,24,25)/p+1/t20-/m1/s1. The van der Waals surface area contributed by atoms with E-state index < -0.39 is 11.6 Å². The van der Waals surface area contributed by atoms with Crippen LogP contribution in [0.5, 0.6) is 0 Å². The van der Waals surface area contributed by atoms with Crippen molar-refractivity contribution in [2.45, 2.75) is 13.0 Å². The first-order valence-electron chi connectivity index (χ1n) is 8.21. The molecule has 0 fully saturated rings. The first-order valence-corrected chi connectivity index (χ1v) is 9.09. The van der Waals surface area contributed by atoms with Crippen LogP contribution in [0.25, 0.3) is 0 Å². The second-order valence-electron chi connectivity index (χ2n) is 6.02. The molecule has 1 aromatic heterocycles. The third kappa shape index (κ3) is 4.53. The molecule has 26 heavy (non-hydrogen) atoms. The van der Waals surface area contributed by atoms with Crippen LogP contribution < -0.4 is 10.6 Å². The van der Waals surface area contributed by atoms with Crippen LogP contribution in [0, 0.1) is 18.6 Å². The molecule has 1 heterocycles. The van der Waals surface area contributed by atoms with Gasteiger partial charge in [-0.1, -0.05) is 35.9 Å². The van der Waals surface area contributed by atoms with Crippen LogP contribution in [-0.2, 0) is 4.79 Å². The number of hydrogen-bond acceptors (Lipinski definition) is 2. The van der Waals surface area contributed by atoms with E-state index in [1.165, 1.54) is 11.6 Å². The van der Waals surface area contributed by atoms with Crippen LogP contribution in [0.1, 0.15) is 22.0 Å². The van der Waals surface area contributed by atoms with Crippen LogP contribution >= 0.6 is 11.3 Å². The highest BCUT2D eigenvalue weighted by Crippen LogP contribution is 2.23. The normalized spacial score (nSPS) is 12.0. The number of quaternary nitrogens is 1. The van der Waals surface area contributed by atoms with Gasteiger partial charge in [-0.2, -0.15) is 0 Å². The molecule has 3 N–H and O–H groups in total. The molecule has 0 spiro atoms. The Balaban J connectivity index is 1.69. The van der Waals surface area contributed by atoms with Crippen LogP contribution in [0.3, 0.4) is 0 Å². The van der Waals surface area contributed by atoms with Gasteiger partial charge in [-0.05, 0) is 30.5 Å². The predicted octanol–water partition coefficient (Wildman–Crippen LogP) is 3.63. The summed E-state index contributed by atoms with van der Waals surface area (Å²) in [6, 6.07) is 15.3. The van der Waals surface area contributed by atoms with E-state index in [1.54, 1.807) is 11.3 Å². The van der Waals surface area contributed by atoms with Crippen LogP contribution in [0.15, 0.2) is 60.0 Å². The Bertz CT molecular complexity index is 879. The van der Waals surface area contributed by atoms with Crippen molar-refractivity contribution in [3.05, 3.63) is 87.6 Å². The van der Waals surface area contributed by atoms with E-state index in [4.69, 9.17) is 0 Å². The van der Waals surface area contributed by atoms with Gasteiger partial charge in [-0.15, -0.1) is 11.3 Å². The van der Waals surface area contributed by atoms with Crippen molar-refractivity contribution < 1.29 is 18.9 Å². The maximum Gasteiger partial charge on any atom is 0.279 e. The van der Waals surface area contributed by atoms with Gasteiger partial charge in [0.05, 0.1) is 10.6 Å². The molecule has 0 bridgehead atoms. The highest BCUT2D eigenvalue weighted by atomic mass is 32.1. The fraction of sp³-hybridized carbons (Fsp3) is 0.150. The van der Waals surface area contributed by atoms with E-state index in [-0.39, 0.29) is 24.2 Å². The molecule has 1 amide bonds. The second kappa shape index (κ2) is 8.21. The van der Waals surface area contributed by atoms with Gasteiger partial charge in [-0.25, -0.2) is 8.78 Å². The zero-order valence-corrected chi connectivity index (χ0v) is 15.0. The van der Waals surface area contributed by atoms with Gasteiger partial charge in [0.2, 0.25) is 0 Å². The number of carbonyl (C=O) groups excluding carboxylic acids is 1. The summed E-state index contributed by atoms with van der Waals surface area (Å²) in [6.45, 7) is 2.14. The predicted molar refractivity (Wildman–Crippen MR) is 99.1 cm³/mol. The van der Waals surface area contributed by atoms with Gasteiger partial charge in [-0.3, -0.25) is 4.79 Å². The molecule has 0 aliphatic carbocycles. The van der Waals surface area contributed by atoms with E-state index in [2.05, 4.69) is 5.32 Å². The average molecular weight is 373 g/mol. The van der Waals surface area contributed by atoms with Crippen LogP contribution in [-0.4, -0.2) is 12.5 Å². The minimum atomic E-state index is -0.785. The summed E-state index contributed by atoms with van der Waals surface area (Å²) in [5.74, 6) is -1.81. The Hall–Kier alpha value is -2.57. The molecule has 0 radical (unpaired) electrons. The first-order chi connectivity index (χ1) is 12.5. The Morgan fingerprint density at radius 1 is 1.15 bits per heavy atom. The molecule has 0 saturated heterocycles. The molecule has 3 aromatic rings. The molecular weight excluding hydrogens is 354 g/mol. The third-order valence-electron chi connectivity index (χ3n) is 4.03. The number of thiophene rings is 1. The number of halogens is 2. The molecule has 1 atom stereocenters. The van der Waals surface area contributed by atoms with E-state index in [1.807, 2.05) is 54.0 Å². The van der Waals surface area contributed by atoms with E-state index >= 15 is 0 Å². The quantitative estimate of drug-likeness (QED) is 0.681. The summed E-state index contributed by atoms with van der Waals surface area (Å²) in [5.41, 5.74) is 2.25. The number of aryl methyl sites for hydroxylation is 1. The van der Waals surface area contributed by atoms with E-state index in [9.17, 15) is 13.6 Å². The van der Waals surface area contributed by atoms with Crippen molar-refractivity contribution in [3.8, 4) is 0 Å². The molecule has 134 valence electrons. The maximum atomic E-state index is 13.7. The van der Waals surface area contributed by atoms with Crippen molar-refractivity contribution in [2.75, 3.05) is 11.9 Å². The molecule has 2 aromatic carbocycles. The van der Waals surface area contributed by atoms with E-state index in [0.717, 1.165) is 22.6 Å². The summed E-state index contributed by atoms with van der Waals surface area (Å²) in [6.07, 6.45) is 0. The number of benzene rings is 2. The highest BCUT2D eigenvalue weighted by Gasteiger charge is 2.20. The summed E-state index contributed by atoms with van der Waals surface area (Å²) in [5, 5.41) is 6.40. The fourth-order valence-electron chi connectivity index (χ4n) is 2.68. The van der Waals surface area contributed by atoms with Gasteiger partial charge in [0, 0.05) is 11.6 Å². The van der Waals surface area contributed by atoms with Gasteiger partial charge in [0.15, 0.2) is 6.54 Å². The van der Waals surface area contributed by atoms with Gasteiger partial charge < -0.3 is 10.6 Å². The van der Waals surface area contributed by atoms with Gasteiger partial charge in [0.1, 0.15) is 17.7 Å². The zero-order valence-electron chi connectivity index (χ0n) is 14.2. The number of anilines is 1. The number of nitrogens with two attached hydrogens (primary N) is 1. The monoisotopic (exact) mass is 373 g/mol. The number of nitrogens with one attached hydrogen (secondary N) is 1. The topological polar surface area (TPSA) is 45.7 Å². The smallest absolute Gasteiger partial charge is 0.279 e. The van der Waals surface area contributed by atoms with Gasteiger partial charge in [0.25, 0.3) is 5.91 Å².